The van der Waals surface area contributed by atoms with E-state index in [9.17, 15) is 0 Å². The first-order valence-corrected chi connectivity index (χ1v) is 7.47. The number of hydrogen-bond acceptors (Lipinski definition) is 2. The van der Waals surface area contributed by atoms with Gasteiger partial charge in [-0.05, 0) is 37.3 Å². The molecule has 3 rings (SSSR count). The standard InChI is InChI=1S/C17H23N3/c1-11(2)14-5-7-15(8-6-14)16-9-10-18-17-12(3)13(4)19-20(16)17/h5-8,11,16,18H,9-10H2,1-4H3. The minimum Gasteiger partial charge on any atom is -0.370 e. The Morgan fingerprint density at radius 2 is 1.90 bits per heavy atom. The van der Waals surface area contributed by atoms with E-state index in [0.717, 1.165) is 18.7 Å². The van der Waals surface area contributed by atoms with Crippen LogP contribution in [0.15, 0.2) is 24.3 Å². The van der Waals surface area contributed by atoms with E-state index in [1.54, 1.807) is 0 Å². The van der Waals surface area contributed by atoms with Gasteiger partial charge in [0.2, 0.25) is 0 Å². The van der Waals surface area contributed by atoms with E-state index < -0.39 is 0 Å². The fourth-order valence-electron chi connectivity index (χ4n) is 2.93. The van der Waals surface area contributed by atoms with Crippen molar-refractivity contribution in [3.63, 3.8) is 0 Å². The summed E-state index contributed by atoms with van der Waals surface area (Å²) in [5, 5.41) is 8.20. The Morgan fingerprint density at radius 3 is 2.55 bits per heavy atom. The van der Waals surface area contributed by atoms with Crippen molar-refractivity contribution >= 4 is 5.82 Å². The molecule has 20 heavy (non-hydrogen) atoms. The summed E-state index contributed by atoms with van der Waals surface area (Å²) in [6, 6.07) is 9.40. The lowest BCUT2D eigenvalue weighted by atomic mass is 9.97. The van der Waals surface area contributed by atoms with Gasteiger partial charge in [-0.2, -0.15) is 5.10 Å². The van der Waals surface area contributed by atoms with Gasteiger partial charge in [0.1, 0.15) is 5.82 Å². The minimum absolute atomic E-state index is 0.361. The molecule has 0 saturated heterocycles. The van der Waals surface area contributed by atoms with Crippen LogP contribution in [0.5, 0.6) is 0 Å². The molecular formula is C17H23N3. The zero-order valence-electron chi connectivity index (χ0n) is 12.8. The van der Waals surface area contributed by atoms with Crippen molar-refractivity contribution < 1.29 is 0 Å². The third-order valence-electron chi connectivity index (χ3n) is 4.38. The molecule has 0 aliphatic carbocycles. The lowest BCUT2D eigenvalue weighted by molar-refractivity contribution is 0.479. The van der Waals surface area contributed by atoms with Crippen molar-refractivity contribution in [3.8, 4) is 0 Å². The number of aromatic nitrogens is 2. The van der Waals surface area contributed by atoms with Crippen molar-refractivity contribution in [2.75, 3.05) is 11.9 Å². The average Bonchev–Trinajstić information content (AvgIpc) is 2.74. The number of benzene rings is 1. The number of fused-ring (bicyclic) bond motifs is 1. The molecule has 106 valence electrons. The summed E-state index contributed by atoms with van der Waals surface area (Å²) in [4.78, 5) is 0. The van der Waals surface area contributed by atoms with E-state index in [4.69, 9.17) is 5.10 Å². The van der Waals surface area contributed by atoms with Gasteiger partial charge in [0.05, 0.1) is 11.7 Å². The van der Waals surface area contributed by atoms with Crippen molar-refractivity contribution in [3.05, 3.63) is 46.6 Å². The second kappa shape index (κ2) is 4.97. The van der Waals surface area contributed by atoms with Crippen LogP contribution in [0, 0.1) is 13.8 Å². The van der Waals surface area contributed by atoms with E-state index in [-0.39, 0.29) is 0 Å². The lowest BCUT2D eigenvalue weighted by Gasteiger charge is -2.26. The molecule has 1 aromatic carbocycles. The van der Waals surface area contributed by atoms with Gasteiger partial charge in [-0.15, -0.1) is 0 Å². The van der Waals surface area contributed by atoms with Gasteiger partial charge >= 0.3 is 0 Å². The van der Waals surface area contributed by atoms with Crippen LogP contribution < -0.4 is 5.32 Å². The van der Waals surface area contributed by atoms with E-state index >= 15 is 0 Å². The fraction of sp³-hybridized carbons (Fsp3) is 0.471. The number of hydrogen-bond donors (Lipinski definition) is 1. The molecule has 0 bridgehead atoms. The number of aryl methyl sites for hydroxylation is 1. The summed E-state index contributed by atoms with van der Waals surface area (Å²) in [6.07, 6.45) is 1.09. The highest BCUT2D eigenvalue weighted by molar-refractivity contribution is 5.49. The van der Waals surface area contributed by atoms with Gasteiger partial charge in [0.25, 0.3) is 0 Å². The maximum atomic E-state index is 4.72. The molecule has 1 atom stereocenters. The Balaban J connectivity index is 1.98. The second-order valence-electron chi connectivity index (χ2n) is 6.06. The smallest absolute Gasteiger partial charge is 0.128 e. The van der Waals surface area contributed by atoms with Crippen LogP contribution in [0.4, 0.5) is 5.82 Å². The molecular weight excluding hydrogens is 246 g/mol. The number of nitrogens with zero attached hydrogens (tertiary/aromatic N) is 2. The highest BCUT2D eigenvalue weighted by Gasteiger charge is 2.24. The number of nitrogens with one attached hydrogen (secondary N) is 1. The van der Waals surface area contributed by atoms with Crippen LogP contribution in [0.2, 0.25) is 0 Å². The monoisotopic (exact) mass is 269 g/mol. The Labute approximate surface area is 121 Å². The fourth-order valence-corrected chi connectivity index (χ4v) is 2.93. The van der Waals surface area contributed by atoms with Crippen LogP contribution in [0.3, 0.4) is 0 Å². The number of rotatable bonds is 2. The van der Waals surface area contributed by atoms with Crippen LogP contribution in [0.1, 0.15) is 54.6 Å². The van der Waals surface area contributed by atoms with Gasteiger partial charge in [-0.3, -0.25) is 0 Å². The molecule has 1 N–H and O–H groups in total. The summed E-state index contributed by atoms with van der Waals surface area (Å²) >= 11 is 0. The molecule has 1 unspecified atom stereocenters. The molecule has 1 aromatic heterocycles. The van der Waals surface area contributed by atoms with Crippen LogP contribution in [-0.2, 0) is 0 Å². The predicted molar refractivity (Wildman–Crippen MR) is 83.5 cm³/mol. The van der Waals surface area contributed by atoms with Gasteiger partial charge < -0.3 is 5.32 Å². The molecule has 0 radical (unpaired) electrons. The Bertz CT molecular complexity index is 608. The van der Waals surface area contributed by atoms with Gasteiger partial charge in [0.15, 0.2) is 0 Å². The normalized spacial score (nSPS) is 17.9. The van der Waals surface area contributed by atoms with Crippen LogP contribution in [0.25, 0.3) is 0 Å². The largest absolute Gasteiger partial charge is 0.370 e. The molecule has 3 heteroatoms. The molecule has 0 saturated carbocycles. The highest BCUT2D eigenvalue weighted by Crippen LogP contribution is 2.32. The van der Waals surface area contributed by atoms with E-state index in [1.165, 1.54) is 22.5 Å². The zero-order chi connectivity index (χ0) is 14.3. The summed E-state index contributed by atoms with van der Waals surface area (Å²) in [5.41, 5.74) is 5.15. The SMILES string of the molecule is Cc1nn2c(c1C)NCCC2c1ccc(C(C)C)cc1. The van der Waals surface area contributed by atoms with Crippen molar-refractivity contribution in [1.29, 1.82) is 0 Å². The van der Waals surface area contributed by atoms with E-state index in [1.807, 2.05) is 0 Å². The topological polar surface area (TPSA) is 29.9 Å². The van der Waals surface area contributed by atoms with Crippen LogP contribution in [-0.4, -0.2) is 16.3 Å². The molecule has 2 heterocycles. The summed E-state index contributed by atoms with van der Waals surface area (Å²) in [5.74, 6) is 1.77. The molecule has 2 aromatic rings. The molecule has 3 nitrogen and oxygen atoms in total. The predicted octanol–water partition coefficient (Wildman–Crippen LogP) is 4.03. The van der Waals surface area contributed by atoms with E-state index in [0.29, 0.717) is 12.0 Å². The van der Waals surface area contributed by atoms with Gasteiger partial charge in [-0.1, -0.05) is 38.1 Å². The van der Waals surface area contributed by atoms with Gasteiger partial charge in [-0.25, -0.2) is 4.68 Å². The number of anilines is 1. The molecule has 0 fully saturated rings. The quantitative estimate of drug-likeness (QED) is 0.892. The summed E-state index contributed by atoms with van der Waals surface area (Å²) in [6.45, 7) is 9.71. The maximum absolute atomic E-state index is 4.72. The Morgan fingerprint density at radius 1 is 1.20 bits per heavy atom. The molecule has 1 aliphatic heterocycles. The van der Waals surface area contributed by atoms with Crippen molar-refractivity contribution in [2.24, 2.45) is 0 Å². The highest BCUT2D eigenvalue weighted by atomic mass is 15.4. The Hall–Kier alpha value is -1.77. The summed E-state index contributed by atoms with van der Waals surface area (Å²) < 4.78 is 2.17. The molecule has 1 aliphatic rings. The zero-order valence-corrected chi connectivity index (χ0v) is 12.8. The van der Waals surface area contributed by atoms with Gasteiger partial charge in [0, 0.05) is 12.1 Å². The average molecular weight is 269 g/mol. The lowest BCUT2D eigenvalue weighted by Crippen LogP contribution is -2.24. The third-order valence-corrected chi connectivity index (χ3v) is 4.38. The van der Waals surface area contributed by atoms with Crippen molar-refractivity contribution in [1.82, 2.24) is 9.78 Å². The first-order valence-electron chi connectivity index (χ1n) is 7.47. The first kappa shape index (κ1) is 13.2. The van der Waals surface area contributed by atoms with Crippen LogP contribution >= 0.6 is 0 Å². The second-order valence-corrected chi connectivity index (χ2v) is 6.06. The third kappa shape index (κ3) is 2.11. The van der Waals surface area contributed by atoms with Crippen molar-refractivity contribution in [2.45, 2.75) is 46.1 Å². The first-order chi connectivity index (χ1) is 9.58. The Kier molecular flexibility index (Phi) is 3.28. The maximum Gasteiger partial charge on any atom is 0.128 e. The van der Waals surface area contributed by atoms with E-state index in [2.05, 4.69) is 62.0 Å². The minimum atomic E-state index is 0.361. The molecule has 0 spiro atoms. The summed E-state index contributed by atoms with van der Waals surface area (Å²) in [7, 11) is 0. The molecule has 0 amide bonds.